The van der Waals surface area contributed by atoms with Crippen LogP contribution in [0.5, 0.6) is 16.7 Å². The van der Waals surface area contributed by atoms with E-state index in [2.05, 4.69) is 15.0 Å². The van der Waals surface area contributed by atoms with E-state index in [9.17, 15) is 28.3 Å². The molecule has 0 aliphatic rings. The van der Waals surface area contributed by atoms with E-state index in [0.717, 1.165) is 29.5 Å². The summed E-state index contributed by atoms with van der Waals surface area (Å²) in [5.74, 6) is -3.66. The quantitative estimate of drug-likeness (QED) is 0.165. The number of unbranched alkanes of at least 4 members (excludes halogenated alkanes) is 1. The minimum Gasteiger partial charge on any atom is -0.872 e. The number of amides is 1. The third-order valence-electron chi connectivity index (χ3n) is 4.88. The summed E-state index contributed by atoms with van der Waals surface area (Å²) in [6.07, 6.45) is 5.06. The summed E-state index contributed by atoms with van der Waals surface area (Å²) in [6.45, 7) is 1.38. The van der Waals surface area contributed by atoms with Gasteiger partial charge in [-0.1, -0.05) is 34.8 Å². The summed E-state index contributed by atoms with van der Waals surface area (Å²) in [6, 6.07) is 4.03. The van der Waals surface area contributed by atoms with Crippen molar-refractivity contribution in [2.24, 2.45) is 0 Å². The number of ketones is 1. The van der Waals surface area contributed by atoms with Crippen molar-refractivity contribution in [3.8, 4) is 16.7 Å². The summed E-state index contributed by atoms with van der Waals surface area (Å²) in [5.41, 5.74) is -1.70. The van der Waals surface area contributed by atoms with Crippen molar-refractivity contribution in [1.29, 1.82) is 0 Å². The average Bonchev–Trinajstić information content (AvgIpc) is 3.20. The minimum atomic E-state index is -1.10. The van der Waals surface area contributed by atoms with Gasteiger partial charge >= 0.3 is 41.3 Å². The number of rotatable bonds is 10. The molecule has 39 heavy (non-hydrogen) atoms. The fourth-order valence-electron chi connectivity index (χ4n) is 3.04. The first kappa shape index (κ1) is 32.2. The third-order valence-corrected chi connectivity index (χ3v) is 6.16. The molecule has 0 bridgehead atoms. The van der Waals surface area contributed by atoms with E-state index >= 15 is 0 Å². The number of hydrogen-bond acceptors (Lipinski definition) is 9. The number of nitrogens with zero attached hydrogens (tertiary/aromatic N) is 1. The van der Waals surface area contributed by atoms with Gasteiger partial charge in [0.15, 0.2) is 22.6 Å². The number of nitrogens with one attached hydrogen (secondary N) is 1. The predicted molar refractivity (Wildman–Crippen MR) is 134 cm³/mol. The van der Waals surface area contributed by atoms with Gasteiger partial charge in [0.2, 0.25) is 0 Å². The van der Waals surface area contributed by atoms with Crippen molar-refractivity contribution in [2.75, 3.05) is 7.11 Å². The molecule has 200 valence electrons. The summed E-state index contributed by atoms with van der Waals surface area (Å²) in [4.78, 5) is 40.5. The molecular weight excluding hydrogens is 569 g/mol. The molecule has 1 aromatic carbocycles. The van der Waals surface area contributed by atoms with Crippen LogP contribution in [0.4, 0.5) is 13.6 Å². The van der Waals surface area contributed by atoms with Crippen LogP contribution >= 0.6 is 22.9 Å². The van der Waals surface area contributed by atoms with Crippen LogP contribution in [0, 0.1) is 11.6 Å². The molecule has 3 aromatic rings. The van der Waals surface area contributed by atoms with Gasteiger partial charge in [-0.15, -0.1) is 0 Å². The smallest absolute Gasteiger partial charge is 0.872 e. The van der Waals surface area contributed by atoms with Crippen molar-refractivity contribution in [3.05, 3.63) is 85.5 Å². The Kier molecular flexibility index (Phi) is 12.3. The summed E-state index contributed by atoms with van der Waals surface area (Å²) >= 11 is 7.01. The molecular formula is C25H20ClF2N2NaO7S. The molecule has 3 rings (SSSR count). The Hall–Kier alpha value is -3.03. The Bertz CT molecular complexity index is 1470. The minimum absolute atomic E-state index is 0. The van der Waals surface area contributed by atoms with Crippen LogP contribution in [0.25, 0.3) is 6.08 Å². The summed E-state index contributed by atoms with van der Waals surface area (Å²) < 4.78 is 41.4. The van der Waals surface area contributed by atoms with E-state index in [1.807, 2.05) is 0 Å². The molecule has 0 atom stereocenters. The SMILES string of the molecule is COC(=O)N/C=C/CCCc1cc([O-])c(C(=O)/C(C)=C/c2sc(Oc3ccc(F)c(F)c3)nc2Cl)c(=O)o1.[Na+]. The van der Waals surface area contributed by atoms with Gasteiger partial charge in [0, 0.05) is 18.7 Å². The molecule has 0 saturated heterocycles. The molecule has 0 fully saturated rings. The number of methoxy groups -OCH3 is 1. The number of hydrogen-bond donors (Lipinski definition) is 1. The zero-order chi connectivity index (χ0) is 27.8. The van der Waals surface area contributed by atoms with E-state index in [1.54, 1.807) is 6.08 Å². The molecule has 1 N–H and O–H groups in total. The van der Waals surface area contributed by atoms with E-state index in [1.165, 1.54) is 32.4 Å². The van der Waals surface area contributed by atoms with Crippen LogP contribution in [0.3, 0.4) is 0 Å². The van der Waals surface area contributed by atoms with Crippen molar-refractivity contribution >= 4 is 40.9 Å². The normalized spacial score (nSPS) is 11.3. The van der Waals surface area contributed by atoms with Gasteiger partial charge in [-0.3, -0.25) is 10.1 Å². The van der Waals surface area contributed by atoms with E-state index in [0.29, 0.717) is 12.8 Å². The first-order valence-corrected chi connectivity index (χ1v) is 12.1. The zero-order valence-electron chi connectivity index (χ0n) is 21.0. The molecule has 2 heterocycles. The van der Waals surface area contributed by atoms with Gasteiger partial charge < -0.3 is 19.0 Å². The molecule has 0 aliphatic carbocycles. The van der Waals surface area contributed by atoms with Crippen LogP contribution in [-0.2, 0) is 11.2 Å². The fraction of sp³-hybridized carbons (Fsp3) is 0.200. The molecule has 1 amide bonds. The standard InChI is InChI=1S/C25H21ClF2N2O7S.Na/c1-13(10-19-22(26)30-25(38-19)37-15-7-8-16(27)17(28)11-15)21(32)20-18(31)12-14(36-23(20)33)6-4-3-5-9-29-24(34)35-2;/h5,7-12,31H,3-4,6H2,1-2H3,(H,29,34);/q;+1/p-1/b9-5+,13-10+;. The summed E-state index contributed by atoms with van der Waals surface area (Å²) in [7, 11) is 1.24. The van der Waals surface area contributed by atoms with E-state index in [-0.39, 0.29) is 68.3 Å². The van der Waals surface area contributed by atoms with Gasteiger partial charge in [-0.2, -0.15) is 4.98 Å². The maximum atomic E-state index is 13.4. The largest absolute Gasteiger partial charge is 1.00 e. The second-order valence-corrected chi connectivity index (χ2v) is 8.99. The molecule has 0 unspecified atom stereocenters. The van der Waals surface area contributed by atoms with Crippen molar-refractivity contribution in [2.45, 2.75) is 26.2 Å². The Balaban J connectivity index is 0.00000533. The van der Waals surface area contributed by atoms with E-state index < -0.39 is 40.4 Å². The number of benzene rings is 1. The Labute approximate surface area is 252 Å². The molecule has 0 radical (unpaired) electrons. The zero-order valence-corrected chi connectivity index (χ0v) is 24.6. The molecule has 0 aliphatic heterocycles. The number of alkyl carbamates (subject to hydrolysis) is 1. The van der Waals surface area contributed by atoms with Gasteiger partial charge in [0.1, 0.15) is 11.5 Å². The van der Waals surface area contributed by atoms with Crippen LogP contribution < -0.4 is 50.3 Å². The van der Waals surface area contributed by atoms with E-state index in [4.69, 9.17) is 20.8 Å². The number of carbonyl (C=O) groups excluding carboxylic acids is 2. The van der Waals surface area contributed by atoms with Crippen LogP contribution in [0.15, 0.2) is 51.3 Å². The average molecular weight is 589 g/mol. The van der Waals surface area contributed by atoms with Gasteiger partial charge in [0.25, 0.3) is 5.19 Å². The van der Waals surface area contributed by atoms with Crippen molar-refractivity contribution in [3.63, 3.8) is 0 Å². The molecule has 9 nitrogen and oxygen atoms in total. The first-order chi connectivity index (χ1) is 18.1. The summed E-state index contributed by atoms with van der Waals surface area (Å²) in [5, 5.41) is 14.9. The topological polar surface area (TPSA) is 131 Å². The van der Waals surface area contributed by atoms with Crippen molar-refractivity contribution in [1.82, 2.24) is 10.3 Å². The second-order valence-electron chi connectivity index (χ2n) is 7.64. The number of aromatic nitrogens is 1. The monoisotopic (exact) mass is 588 g/mol. The number of halogens is 3. The number of aryl methyl sites for hydroxylation is 1. The molecule has 14 heteroatoms. The maximum absolute atomic E-state index is 13.4. The third kappa shape index (κ3) is 9.01. The van der Waals surface area contributed by atoms with Crippen LogP contribution in [0.2, 0.25) is 5.15 Å². The number of allylic oxidation sites excluding steroid dienone is 2. The van der Waals surface area contributed by atoms with Gasteiger partial charge in [0.05, 0.1) is 17.6 Å². The van der Waals surface area contributed by atoms with Gasteiger partial charge in [-0.05, 0) is 49.6 Å². The number of Topliss-reactive ketones (excluding diaryl/α,β-unsaturated/α-hetero) is 1. The Morgan fingerprint density at radius 1 is 1.26 bits per heavy atom. The predicted octanol–water partition coefficient (Wildman–Crippen LogP) is 2.38. The maximum Gasteiger partial charge on any atom is 1.00 e. The molecule has 0 spiro atoms. The van der Waals surface area contributed by atoms with Crippen LogP contribution in [0.1, 0.15) is 40.8 Å². The number of thiazole rings is 1. The molecule has 0 saturated carbocycles. The van der Waals surface area contributed by atoms with Crippen molar-refractivity contribution < 1.29 is 66.9 Å². The Morgan fingerprint density at radius 3 is 2.67 bits per heavy atom. The second kappa shape index (κ2) is 14.9. The number of carbonyl (C=O) groups is 2. The fourth-order valence-corrected chi connectivity index (χ4v) is 4.16. The first-order valence-electron chi connectivity index (χ1n) is 10.9. The van der Waals surface area contributed by atoms with Crippen LogP contribution in [-0.4, -0.2) is 24.0 Å². The molecule has 2 aromatic heterocycles. The number of ether oxygens (including phenoxy) is 2. The Morgan fingerprint density at radius 2 is 2.00 bits per heavy atom. The van der Waals surface area contributed by atoms with Gasteiger partial charge in [-0.25, -0.2) is 18.4 Å².